The van der Waals surface area contributed by atoms with Crippen LogP contribution in [0.1, 0.15) is 11.1 Å². The number of carboxylic acid groups (broad SMARTS) is 1. The summed E-state index contributed by atoms with van der Waals surface area (Å²) in [6, 6.07) is 11.1. The molecule has 8 heteroatoms. The fraction of sp³-hybridized carbons (Fsp3) is 0.182. The summed E-state index contributed by atoms with van der Waals surface area (Å²) in [5, 5.41) is 13.8. The number of carboxylic acids is 1. The summed E-state index contributed by atoms with van der Waals surface area (Å²) in [4.78, 5) is 42.3. The number of nitrogens with zero attached hydrogens (tertiary/aromatic N) is 2. The van der Waals surface area contributed by atoms with Gasteiger partial charge in [0.1, 0.15) is 11.4 Å². The zero-order valence-corrected chi connectivity index (χ0v) is 16.7. The Morgan fingerprint density at radius 2 is 1.97 bits per heavy atom. The lowest BCUT2D eigenvalue weighted by molar-refractivity contribution is -0.159. The first kappa shape index (κ1) is 19.9. The molecule has 2 amide bonds. The SMILES string of the molecule is O=C(Cc1ccccc1)NC1C(=O)N2C(C(=O)O)C(C=Cc3cccnc3)=CS[C@@H]12. The minimum Gasteiger partial charge on any atom is -0.479 e. The van der Waals surface area contributed by atoms with Crippen molar-refractivity contribution in [2.24, 2.45) is 0 Å². The predicted octanol–water partition coefficient (Wildman–Crippen LogP) is 2.07. The second-order valence-corrected chi connectivity index (χ2v) is 7.95. The number of hydrogen-bond acceptors (Lipinski definition) is 5. The van der Waals surface area contributed by atoms with Crippen molar-refractivity contribution in [1.29, 1.82) is 0 Å². The van der Waals surface area contributed by atoms with Crippen molar-refractivity contribution < 1.29 is 19.5 Å². The van der Waals surface area contributed by atoms with Crippen molar-refractivity contribution in [3.8, 4) is 0 Å². The molecule has 0 saturated carbocycles. The third-order valence-corrected chi connectivity index (χ3v) is 6.11. The highest BCUT2D eigenvalue weighted by molar-refractivity contribution is 8.03. The third kappa shape index (κ3) is 3.99. The molecule has 2 aliphatic heterocycles. The van der Waals surface area contributed by atoms with E-state index in [1.807, 2.05) is 36.4 Å². The van der Waals surface area contributed by atoms with Gasteiger partial charge in [0.05, 0.1) is 6.42 Å². The number of fused-ring (bicyclic) bond motifs is 1. The fourth-order valence-electron chi connectivity index (χ4n) is 3.48. The van der Waals surface area contributed by atoms with Crippen molar-refractivity contribution in [1.82, 2.24) is 15.2 Å². The molecule has 0 aliphatic carbocycles. The number of pyridine rings is 1. The number of aromatic nitrogens is 1. The zero-order valence-electron chi connectivity index (χ0n) is 15.8. The van der Waals surface area contributed by atoms with Crippen LogP contribution in [0.5, 0.6) is 0 Å². The monoisotopic (exact) mass is 421 g/mol. The van der Waals surface area contributed by atoms with Crippen LogP contribution in [-0.4, -0.2) is 50.2 Å². The van der Waals surface area contributed by atoms with Gasteiger partial charge in [-0.25, -0.2) is 4.79 Å². The Morgan fingerprint density at radius 3 is 2.67 bits per heavy atom. The van der Waals surface area contributed by atoms with Crippen LogP contribution in [0.25, 0.3) is 6.08 Å². The molecule has 3 atom stereocenters. The molecule has 7 nitrogen and oxygen atoms in total. The molecule has 0 spiro atoms. The average molecular weight is 421 g/mol. The van der Waals surface area contributed by atoms with E-state index in [4.69, 9.17) is 0 Å². The van der Waals surface area contributed by atoms with Gasteiger partial charge in [-0.2, -0.15) is 0 Å². The lowest BCUT2D eigenvalue weighted by Gasteiger charge is -2.51. The van der Waals surface area contributed by atoms with Gasteiger partial charge in [-0.3, -0.25) is 14.6 Å². The van der Waals surface area contributed by atoms with Gasteiger partial charge in [0, 0.05) is 12.4 Å². The first-order valence-electron chi connectivity index (χ1n) is 9.36. The fourth-order valence-corrected chi connectivity index (χ4v) is 4.68. The first-order valence-corrected chi connectivity index (χ1v) is 10.3. The molecule has 3 heterocycles. The number of carbonyl (C=O) groups excluding carboxylic acids is 2. The number of amides is 2. The van der Waals surface area contributed by atoms with Crippen molar-refractivity contribution in [3.63, 3.8) is 0 Å². The molecule has 2 aliphatic rings. The van der Waals surface area contributed by atoms with Gasteiger partial charge in [-0.05, 0) is 28.2 Å². The number of hydrogen-bond donors (Lipinski definition) is 2. The Balaban J connectivity index is 1.46. The number of thioether (sulfide) groups is 1. The van der Waals surface area contributed by atoms with E-state index >= 15 is 0 Å². The van der Waals surface area contributed by atoms with E-state index in [2.05, 4.69) is 10.3 Å². The van der Waals surface area contributed by atoms with Crippen LogP contribution < -0.4 is 5.32 Å². The highest BCUT2D eigenvalue weighted by Gasteiger charge is 2.55. The summed E-state index contributed by atoms with van der Waals surface area (Å²) in [6.07, 6.45) is 6.94. The number of β-lactam (4-membered cyclic amide) rings is 1. The van der Waals surface area contributed by atoms with Crippen LogP contribution >= 0.6 is 11.8 Å². The van der Waals surface area contributed by atoms with Crippen molar-refractivity contribution in [2.45, 2.75) is 23.9 Å². The molecule has 1 fully saturated rings. The highest BCUT2D eigenvalue weighted by atomic mass is 32.2. The van der Waals surface area contributed by atoms with Gasteiger partial charge in [0.2, 0.25) is 11.8 Å². The van der Waals surface area contributed by atoms with E-state index in [1.165, 1.54) is 16.7 Å². The number of benzene rings is 1. The minimum atomic E-state index is -1.11. The average Bonchev–Trinajstić information content (AvgIpc) is 2.76. The van der Waals surface area contributed by atoms with E-state index < -0.39 is 23.4 Å². The van der Waals surface area contributed by atoms with Crippen molar-refractivity contribution >= 4 is 35.6 Å². The largest absolute Gasteiger partial charge is 0.479 e. The summed E-state index contributed by atoms with van der Waals surface area (Å²) >= 11 is 1.34. The Hall–Kier alpha value is -3.39. The summed E-state index contributed by atoms with van der Waals surface area (Å²) in [6.45, 7) is 0. The van der Waals surface area contributed by atoms with Gasteiger partial charge in [0.25, 0.3) is 0 Å². The predicted molar refractivity (Wildman–Crippen MR) is 113 cm³/mol. The maximum absolute atomic E-state index is 12.7. The molecule has 1 saturated heterocycles. The molecule has 1 aromatic carbocycles. The quantitative estimate of drug-likeness (QED) is 0.693. The topological polar surface area (TPSA) is 99.6 Å². The van der Waals surface area contributed by atoms with E-state index in [0.29, 0.717) is 5.57 Å². The van der Waals surface area contributed by atoms with Crippen LogP contribution in [0.15, 0.2) is 71.9 Å². The van der Waals surface area contributed by atoms with E-state index in [9.17, 15) is 19.5 Å². The molecule has 0 bridgehead atoms. The van der Waals surface area contributed by atoms with Crippen LogP contribution in [-0.2, 0) is 20.8 Å². The summed E-state index contributed by atoms with van der Waals surface area (Å²) < 4.78 is 0. The zero-order chi connectivity index (χ0) is 21.1. The summed E-state index contributed by atoms with van der Waals surface area (Å²) in [5.41, 5.74) is 2.19. The smallest absolute Gasteiger partial charge is 0.331 e. The number of carbonyl (C=O) groups is 3. The lowest BCUT2D eigenvalue weighted by atomic mass is 9.97. The van der Waals surface area contributed by atoms with Gasteiger partial charge < -0.3 is 15.3 Å². The van der Waals surface area contributed by atoms with Gasteiger partial charge in [-0.15, -0.1) is 11.8 Å². The van der Waals surface area contributed by atoms with Crippen LogP contribution in [0.2, 0.25) is 0 Å². The minimum absolute atomic E-state index is 0.166. The van der Waals surface area contributed by atoms with Gasteiger partial charge in [-0.1, -0.05) is 48.6 Å². The van der Waals surface area contributed by atoms with Crippen molar-refractivity contribution in [3.05, 3.63) is 83.0 Å². The Kier molecular flexibility index (Phi) is 5.67. The van der Waals surface area contributed by atoms with E-state index in [-0.39, 0.29) is 18.2 Å². The highest BCUT2D eigenvalue weighted by Crippen LogP contribution is 2.40. The molecule has 30 heavy (non-hydrogen) atoms. The summed E-state index contributed by atoms with van der Waals surface area (Å²) in [7, 11) is 0. The maximum Gasteiger partial charge on any atom is 0.331 e. The van der Waals surface area contributed by atoms with Crippen LogP contribution in [0.4, 0.5) is 0 Å². The number of nitrogens with one attached hydrogen (secondary N) is 1. The van der Waals surface area contributed by atoms with Crippen LogP contribution in [0, 0.1) is 0 Å². The maximum atomic E-state index is 12.7. The molecular formula is C22H19N3O4S. The number of aliphatic carboxylic acids is 1. The third-order valence-electron chi connectivity index (χ3n) is 4.93. The summed E-state index contributed by atoms with van der Waals surface area (Å²) in [5.74, 6) is -1.76. The normalized spacial score (nSPS) is 22.8. The lowest BCUT2D eigenvalue weighted by Crippen LogP contribution is -2.73. The Bertz CT molecular complexity index is 1020. The van der Waals surface area contributed by atoms with E-state index in [0.717, 1.165) is 11.1 Å². The molecule has 2 unspecified atom stereocenters. The molecule has 152 valence electrons. The molecule has 2 N–H and O–H groups in total. The first-order chi connectivity index (χ1) is 14.5. The molecule has 2 aromatic rings. The second-order valence-electron chi connectivity index (χ2n) is 6.96. The Labute approximate surface area is 177 Å². The van der Waals surface area contributed by atoms with Crippen LogP contribution in [0.3, 0.4) is 0 Å². The molecule has 0 radical (unpaired) electrons. The standard InChI is InChI=1S/C22H19N3O4S/c26-17(11-14-5-2-1-3-6-14)24-18-20(27)25-19(22(28)29)16(13-30-21(18)25)9-8-15-7-4-10-23-12-15/h1-10,12-13,18-19,21H,11H2,(H,24,26)(H,28,29)/t18?,19?,21-/m0/s1. The van der Waals surface area contributed by atoms with Crippen molar-refractivity contribution in [2.75, 3.05) is 0 Å². The second kappa shape index (κ2) is 8.54. The molecule has 4 rings (SSSR count). The van der Waals surface area contributed by atoms with E-state index in [1.54, 1.807) is 36.0 Å². The van der Waals surface area contributed by atoms with Gasteiger partial charge >= 0.3 is 5.97 Å². The van der Waals surface area contributed by atoms with Gasteiger partial charge in [0.15, 0.2) is 6.04 Å². The molecule has 1 aromatic heterocycles. The number of rotatable bonds is 6. The molecular weight excluding hydrogens is 402 g/mol. The Morgan fingerprint density at radius 1 is 1.17 bits per heavy atom.